The predicted octanol–water partition coefficient (Wildman–Crippen LogP) is 2.58. The van der Waals surface area contributed by atoms with E-state index in [4.69, 9.17) is 5.73 Å². The first-order chi connectivity index (χ1) is 9.64. The molecule has 0 saturated heterocycles. The summed E-state index contributed by atoms with van der Waals surface area (Å²) in [6.45, 7) is 0.140. The van der Waals surface area contributed by atoms with Crippen LogP contribution in [-0.2, 0) is 16.6 Å². The summed E-state index contributed by atoms with van der Waals surface area (Å²) >= 11 is 0. The van der Waals surface area contributed by atoms with Crippen molar-refractivity contribution in [3.05, 3.63) is 60.6 Å². The monoisotopic (exact) mass is 359 g/mol. The van der Waals surface area contributed by atoms with Crippen LogP contribution >= 0.6 is 24.8 Å². The van der Waals surface area contributed by atoms with Crippen LogP contribution in [0.3, 0.4) is 0 Å². The lowest BCUT2D eigenvalue weighted by Crippen LogP contribution is -2.17. The molecule has 22 heavy (non-hydrogen) atoms. The number of nitrogens with two attached hydrogens (primary N) is 1. The molecule has 0 radical (unpaired) electrons. The van der Waals surface area contributed by atoms with Gasteiger partial charge in [0.15, 0.2) is 0 Å². The van der Waals surface area contributed by atoms with Gasteiger partial charge < -0.3 is 5.73 Å². The molecule has 5 nitrogen and oxygen atoms in total. The molecule has 2 heterocycles. The first-order valence-electron chi connectivity index (χ1n) is 6.09. The van der Waals surface area contributed by atoms with Crippen molar-refractivity contribution in [1.82, 2.24) is 8.96 Å². The van der Waals surface area contributed by atoms with Crippen molar-refractivity contribution in [1.29, 1.82) is 0 Å². The minimum absolute atomic E-state index is 0. The van der Waals surface area contributed by atoms with E-state index in [1.165, 1.54) is 3.97 Å². The second kappa shape index (κ2) is 7.11. The summed E-state index contributed by atoms with van der Waals surface area (Å²) in [4.78, 5) is 4.25. The van der Waals surface area contributed by atoms with Crippen LogP contribution in [0.25, 0.3) is 10.9 Å². The van der Waals surface area contributed by atoms with Crippen molar-refractivity contribution < 1.29 is 8.42 Å². The van der Waals surface area contributed by atoms with E-state index in [-0.39, 0.29) is 36.3 Å². The van der Waals surface area contributed by atoms with Crippen LogP contribution in [0, 0.1) is 0 Å². The summed E-state index contributed by atoms with van der Waals surface area (Å²) in [6.07, 6.45) is 3.20. The third-order valence-corrected chi connectivity index (χ3v) is 4.90. The number of fused-ring (bicyclic) bond motifs is 1. The molecule has 0 atom stereocenters. The third-order valence-electron chi connectivity index (χ3n) is 3.12. The maximum Gasteiger partial charge on any atom is 0.268 e. The number of nitrogens with zero attached hydrogens (tertiary/aromatic N) is 2. The molecule has 0 amide bonds. The second-order valence-electron chi connectivity index (χ2n) is 4.36. The zero-order valence-corrected chi connectivity index (χ0v) is 13.9. The van der Waals surface area contributed by atoms with Crippen molar-refractivity contribution in [2.75, 3.05) is 0 Å². The Morgan fingerprint density at radius 2 is 1.77 bits per heavy atom. The molecule has 0 spiro atoms. The van der Waals surface area contributed by atoms with Gasteiger partial charge in [0, 0.05) is 30.0 Å². The molecular weight excluding hydrogens is 345 g/mol. The molecule has 0 bridgehead atoms. The van der Waals surface area contributed by atoms with E-state index >= 15 is 0 Å². The van der Waals surface area contributed by atoms with Crippen LogP contribution in [0.1, 0.15) is 5.69 Å². The zero-order valence-electron chi connectivity index (χ0n) is 11.4. The minimum atomic E-state index is -3.66. The summed E-state index contributed by atoms with van der Waals surface area (Å²) in [6, 6.07) is 11.7. The van der Waals surface area contributed by atoms with Crippen LogP contribution in [0.2, 0.25) is 0 Å². The summed E-state index contributed by atoms with van der Waals surface area (Å²) in [5.74, 6) is 0. The largest absolute Gasteiger partial charge is 0.325 e. The maximum atomic E-state index is 12.8. The Hall–Kier alpha value is -1.60. The van der Waals surface area contributed by atoms with Gasteiger partial charge in [-0.1, -0.05) is 18.2 Å². The van der Waals surface area contributed by atoms with Gasteiger partial charge in [0.2, 0.25) is 0 Å². The van der Waals surface area contributed by atoms with Gasteiger partial charge in [-0.15, -0.1) is 24.8 Å². The predicted molar refractivity (Wildman–Crippen MR) is 91.1 cm³/mol. The van der Waals surface area contributed by atoms with Gasteiger partial charge in [-0.05, 0) is 24.3 Å². The highest BCUT2D eigenvalue weighted by Gasteiger charge is 2.22. The van der Waals surface area contributed by atoms with Crippen LogP contribution in [-0.4, -0.2) is 17.4 Å². The molecule has 1 aromatic carbocycles. The summed E-state index contributed by atoms with van der Waals surface area (Å²) in [7, 11) is -3.66. The number of aromatic nitrogens is 2. The quantitative estimate of drug-likeness (QED) is 0.779. The molecule has 3 rings (SSSR count). The van der Waals surface area contributed by atoms with E-state index in [2.05, 4.69) is 4.98 Å². The fourth-order valence-corrected chi connectivity index (χ4v) is 3.78. The Kier molecular flexibility index (Phi) is 5.96. The van der Waals surface area contributed by atoms with Gasteiger partial charge in [0.05, 0.1) is 10.4 Å². The lowest BCUT2D eigenvalue weighted by atomic mass is 10.3. The molecule has 0 aliphatic carbocycles. The van der Waals surface area contributed by atoms with Crippen molar-refractivity contribution >= 4 is 45.7 Å². The van der Waals surface area contributed by atoms with Gasteiger partial charge >= 0.3 is 0 Å². The lowest BCUT2D eigenvalue weighted by molar-refractivity contribution is 0.587. The van der Waals surface area contributed by atoms with E-state index in [0.717, 1.165) is 5.39 Å². The zero-order chi connectivity index (χ0) is 14.2. The molecule has 0 unspecified atom stereocenters. The molecule has 3 aromatic rings. The first-order valence-corrected chi connectivity index (χ1v) is 7.53. The Morgan fingerprint density at radius 3 is 2.41 bits per heavy atom. The molecule has 0 aliphatic rings. The van der Waals surface area contributed by atoms with Crippen molar-refractivity contribution in [3.8, 4) is 0 Å². The van der Waals surface area contributed by atoms with E-state index in [1.54, 1.807) is 54.9 Å². The van der Waals surface area contributed by atoms with Crippen molar-refractivity contribution in [2.24, 2.45) is 5.73 Å². The van der Waals surface area contributed by atoms with Crippen molar-refractivity contribution in [2.45, 2.75) is 11.4 Å². The fraction of sp³-hybridized carbons (Fsp3) is 0.0714. The highest BCUT2D eigenvalue weighted by molar-refractivity contribution is 7.90. The normalized spacial score (nSPS) is 10.8. The first kappa shape index (κ1) is 18.4. The van der Waals surface area contributed by atoms with Gasteiger partial charge in [-0.3, -0.25) is 4.98 Å². The van der Waals surface area contributed by atoms with Gasteiger partial charge in [0.1, 0.15) is 0 Å². The molecule has 0 saturated carbocycles. The van der Waals surface area contributed by atoms with Crippen LogP contribution in [0.5, 0.6) is 0 Å². The minimum Gasteiger partial charge on any atom is -0.325 e. The van der Waals surface area contributed by atoms with Gasteiger partial charge in [0.25, 0.3) is 10.0 Å². The number of hydrogen-bond acceptors (Lipinski definition) is 4. The number of pyridine rings is 1. The molecule has 2 N–H and O–H groups in total. The number of benzene rings is 1. The molecule has 8 heteroatoms. The standard InChI is InChI=1S/C14H13N3O2S.2ClH/c15-9-12-8-11-10-16-7-6-14(11)17(12)20(18,19)13-4-2-1-3-5-13;;/h1-8,10H,9,15H2;2*1H. The average Bonchev–Trinajstić information content (AvgIpc) is 2.87. The highest BCUT2D eigenvalue weighted by Crippen LogP contribution is 2.24. The highest BCUT2D eigenvalue weighted by atomic mass is 35.5. The SMILES string of the molecule is Cl.Cl.NCc1cc2cnccc2n1S(=O)(=O)c1ccccc1. The average molecular weight is 360 g/mol. The molecule has 0 fully saturated rings. The number of hydrogen-bond donors (Lipinski definition) is 1. The fourth-order valence-electron chi connectivity index (χ4n) is 2.21. The molecule has 118 valence electrons. The van der Waals surface area contributed by atoms with Crippen molar-refractivity contribution in [3.63, 3.8) is 0 Å². The summed E-state index contributed by atoms with van der Waals surface area (Å²) in [5.41, 5.74) is 6.81. The van der Waals surface area contributed by atoms with E-state index < -0.39 is 10.0 Å². The maximum absolute atomic E-state index is 12.8. The van der Waals surface area contributed by atoms with E-state index in [1.807, 2.05) is 0 Å². The van der Waals surface area contributed by atoms with Crippen LogP contribution in [0.15, 0.2) is 59.8 Å². The van der Waals surface area contributed by atoms with Gasteiger partial charge in [-0.25, -0.2) is 12.4 Å². The third kappa shape index (κ3) is 2.96. The van der Waals surface area contributed by atoms with Crippen LogP contribution in [0.4, 0.5) is 0 Å². The number of rotatable bonds is 3. The second-order valence-corrected chi connectivity index (χ2v) is 6.14. The Labute approximate surface area is 141 Å². The summed E-state index contributed by atoms with van der Waals surface area (Å²) in [5, 5.41) is 0.757. The summed E-state index contributed by atoms with van der Waals surface area (Å²) < 4.78 is 26.8. The Morgan fingerprint density at radius 1 is 1.09 bits per heavy atom. The lowest BCUT2D eigenvalue weighted by Gasteiger charge is -2.10. The number of halogens is 2. The molecule has 0 aliphatic heterocycles. The van der Waals surface area contributed by atoms with E-state index in [0.29, 0.717) is 11.2 Å². The Bertz CT molecular complexity index is 864. The van der Waals surface area contributed by atoms with E-state index in [9.17, 15) is 8.42 Å². The molecule has 2 aromatic heterocycles. The topological polar surface area (TPSA) is 78.0 Å². The Balaban J connectivity index is 0.00000121. The smallest absolute Gasteiger partial charge is 0.268 e. The van der Waals surface area contributed by atoms with Crippen LogP contribution < -0.4 is 5.73 Å². The van der Waals surface area contributed by atoms with Gasteiger partial charge in [-0.2, -0.15) is 0 Å². The molecular formula is C14H15Cl2N3O2S.